The molecule has 6 heteroatoms. The average molecular weight is 360 g/mol. The number of aromatic nitrogens is 2. The van der Waals surface area contributed by atoms with Crippen molar-refractivity contribution >= 4 is 16.8 Å². The van der Waals surface area contributed by atoms with Crippen LogP contribution in [0.25, 0.3) is 10.9 Å². The summed E-state index contributed by atoms with van der Waals surface area (Å²) >= 11 is 0. The number of rotatable bonds is 2. The lowest BCUT2D eigenvalue weighted by molar-refractivity contribution is 0.0701. The van der Waals surface area contributed by atoms with Crippen molar-refractivity contribution in [2.75, 3.05) is 19.6 Å². The number of H-pyrrole nitrogens is 1. The summed E-state index contributed by atoms with van der Waals surface area (Å²) in [5.41, 5.74) is 1.40. The maximum absolute atomic E-state index is 13.3. The lowest BCUT2D eigenvalue weighted by Gasteiger charge is -2.28. The third-order valence-corrected chi connectivity index (χ3v) is 5.78. The molecule has 0 unspecified atom stereocenters. The number of fused-ring (bicyclic) bond motifs is 2. The van der Waals surface area contributed by atoms with E-state index in [9.17, 15) is 9.59 Å². The Morgan fingerprint density at radius 2 is 1.81 bits per heavy atom. The van der Waals surface area contributed by atoms with E-state index in [4.69, 9.17) is 0 Å². The maximum atomic E-state index is 13.3. The number of carbonyl (C=O) groups is 1. The van der Waals surface area contributed by atoms with E-state index in [0.717, 1.165) is 18.7 Å². The van der Waals surface area contributed by atoms with Crippen molar-refractivity contribution in [1.29, 1.82) is 0 Å². The topological polar surface area (TPSA) is 78.1 Å². The van der Waals surface area contributed by atoms with Gasteiger partial charge in [0.1, 0.15) is 0 Å². The Bertz CT molecular complexity index is 1060. The number of nitrogens with zero attached hydrogens (tertiary/aromatic N) is 2. The summed E-state index contributed by atoms with van der Waals surface area (Å²) in [5.74, 6) is 0.712. The van der Waals surface area contributed by atoms with Gasteiger partial charge in [0, 0.05) is 25.6 Å². The van der Waals surface area contributed by atoms with Crippen LogP contribution in [0.2, 0.25) is 0 Å². The number of aromatic amines is 1. The van der Waals surface area contributed by atoms with Gasteiger partial charge >= 0.3 is 0 Å². The minimum atomic E-state index is -0.277. The van der Waals surface area contributed by atoms with Crippen LogP contribution in [0.4, 0.5) is 0 Å². The minimum Gasteiger partial charge on any atom is -0.328 e. The van der Waals surface area contributed by atoms with Gasteiger partial charge < -0.3 is 15.2 Å². The summed E-state index contributed by atoms with van der Waals surface area (Å²) in [7, 11) is 0. The van der Waals surface area contributed by atoms with Crippen LogP contribution >= 0.6 is 0 Å². The van der Waals surface area contributed by atoms with Gasteiger partial charge in [-0.1, -0.05) is 42.5 Å². The summed E-state index contributed by atoms with van der Waals surface area (Å²) in [6.45, 7) is 2.49. The first-order valence-electron chi connectivity index (χ1n) is 9.28. The van der Waals surface area contributed by atoms with E-state index in [2.05, 4.69) is 27.4 Å². The molecular formula is C21H20N4O2. The lowest BCUT2D eigenvalue weighted by Crippen LogP contribution is -2.36. The zero-order valence-corrected chi connectivity index (χ0v) is 14.8. The van der Waals surface area contributed by atoms with Crippen LogP contribution < -0.4 is 10.9 Å². The van der Waals surface area contributed by atoms with Crippen molar-refractivity contribution in [1.82, 2.24) is 20.2 Å². The van der Waals surface area contributed by atoms with E-state index in [-0.39, 0.29) is 23.3 Å². The van der Waals surface area contributed by atoms with Crippen LogP contribution in [-0.4, -0.2) is 40.4 Å². The maximum Gasteiger partial charge on any atom is 0.290 e. The highest BCUT2D eigenvalue weighted by Gasteiger charge is 2.47. The average Bonchev–Trinajstić information content (AvgIpc) is 3.29. The Hall–Kier alpha value is -2.99. The number of amides is 1. The highest BCUT2D eigenvalue weighted by Crippen LogP contribution is 2.42. The Morgan fingerprint density at radius 3 is 2.67 bits per heavy atom. The number of hydrogen-bond donors (Lipinski definition) is 2. The van der Waals surface area contributed by atoms with Crippen molar-refractivity contribution in [2.45, 2.75) is 6.04 Å². The fraction of sp³-hybridized carbons (Fsp3) is 0.286. The van der Waals surface area contributed by atoms with E-state index in [1.165, 1.54) is 0 Å². The number of para-hydroxylation sites is 1. The molecule has 27 heavy (non-hydrogen) atoms. The van der Waals surface area contributed by atoms with Crippen molar-refractivity contribution in [2.24, 2.45) is 11.8 Å². The molecule has 136 valence electrons. The molecule has 2 aliphatic heterocycles. The van der Waals surface area contributed by atoms with E-state index >= 15 is 0 Å². The third-order valence-electron chi connectivity index (χ3n) is 5.78. The summed E-state index contributed by atoms with van der Waals surface area (Å²) in [5, 5.41) is 3.94. The standard InChI is InChI=1S/C21H20N4O2/c26-20-15-8-4-5-9-17(15)23-19(24-20)21(27)25-12-14-10-22-11-16(14)18(25)13-6-2-1-3-7-13/h1-9,14,16,18,22H,10-12H2,(H,23,24,26)/t14-,16-,18-/m0/s1. The number of nitrogens with one attached hydrogen (secondary N) is 2. The number of benzene rings is 2. The van der Waals surface area contributed by atoms with Crippen LogP contribution in [0.3, 0.4) is 0 Å². The molecule has 2 aliphatic rings. The van der Waals surface area contributed by atoms with Gasteiger partial charge in [0.2, 0.25) is 0 Å². The van der Waals surface area contributed by atoms with E-state index in [0.29, 0.717) is 29.3 Å². The Labute approximate surface area is 156 Å². The van der Waals surface area contributed by atoms with Gasteiger partial charge in [-0.05, 0) is 23.6 Å². The predicted octanol–water partition coefficient (Wildman–Crippen LogP) is 1.96. The lowest BCUT2D eigenvalue weighted by atomic mass is 9.89. The minimum absolute atomic E-state index is 0.00419. The molecule has 3 heterocycles. The zero-order valence-electron chi connectivity index (χ0n) is 14.8. The molecule has 1 aromatic heterocycles. The number of carbonyl (C=O) groups excluding carboxylic acids is 1. The van der Waals surface area contributed by atoms with Crippen molar-refractivity contribution in [3.63, 3.8) is 0 Å². The fourth-order valence-corrected chi connectivity index (χ4v) is 4.53. The Kier molecular flexibility index (Phi) is 3.79. The van der Waals surface area contributed by atoms with Crippen LogP contribution in [0, 0.1) is 11.8 Å². The normalized spacial score (nSPS) is 24.3. The molecule has 2 N–H and O–H groups in total. The molecule has 2 saturated heterocycles. The van der Waals surface area contributed by atoms with Gasteiger partial charge in [-0.25, -0.2) is 4.98 Å². The van der Waals surface area contributed by atoms with Gasteiger partial charge in [0.15, 0.2) is 5.82 Å². The smallest absolute Gasteiger partial charge is 0.290 e. The van der Waals surface area contributed by atoms with Crippen molar-refractivity contribution in [3.05, 3.63) is 76.3 Å². The third kappa shape index (κ3) is 2.64. The van der Waals surface area contributed by atoms with Crippen LogP contribution in [0.15, 0.2) is 59.4 Å². The summed E-state index contributed by atoms with van der Waals surface area (Å²) < 4.78 is 0. The molecule has 2 aromatic carbocycles. The van der Waals surface area contributed by atoms with Crippen molar-refractivity contribution < 1.29 is 4.79 Å². The largest absolute Gasteiger partial charge is 0.328 e. The molecule has 1 amide bonds. The number of hydrogen-bond acceptors (Lipinski definition) is 4. The van der Waals surface area contributed by atoms with Gasteiger partial charge in [0.25, 0.3) is 11.5 Å². The molecule has 3 aromatic rings. The van der Waals surface area contributed by atoms with Crippen LogP contribution in [0.5, 0.6) is 0 Å². The second-order valence-corrected chi connectivity index (χ2v) is 7.33. The van der Waals surface area contributed by atoms with Gasteiger partial charge in [-0.3, -0.25) is 9.59 Å². The van der Waals surface area contributed by atoms with Gasteiger partial charge in [0.05, 0.1) is 16.9 Å². The first-order valence-corrected chi connectivity index (χ1v) is 9.28. The zero-order chi connectivity index (χ0) is 18.4. The number of likely N-dealkylation sites (tertiary alicyclic amines) is 1. The summed E-state index contributed by atoms with van der Waals surface area (Å²) in [6, 6.07) is 17.2. The van der Waals surface area contributed by atoms with E-state index in [1.54, 1.807) is 18.2 Å². The fourth-order valence-electron chi connectivity index (χ4n) is 4.53. The molecule has 2 fully saturated rings. The first kappa shape index (κ1) is 16.2. The van der Waals surface area contributed by atoms with Crippen molar-refractivity contribution in [3.8, 4) is 0 Å². The Balaban J connectivity index is 1.56. The highest BCUT2D eigenvalue weighted by atomic mass is 16.2. The molecule has 0 radical (unpaired) electrons. The molecule has 6 nitrogen and oxygen atoms in total. The quantitative estimate of drug-likeness (QED) is 0.732. The first-order chi connectivity index (χ1) is 13.2. The molecule has 0 spiro atoms. The second kappa shape index (κ2) is 6.32. The molecule has 0 aliphatic carbocycles. The SMILES string of the molecule is O=C(c1nc2ccccc2c(=O)[nH]1)N1C[C@@H]2CNC[C@@H]2[C@@H]1c1ccccc1. The predicted molar refractivity (Wildman–Crippen MR) is 102 cm³/mol. The molecule has 0 bridgehead atoms. The van der Waals surface area contributed by atoms with Crippen LogP contribution in [0.1, 0.15) is 22.2 Å². The van der Waals surface area contributed by atoms with Crippen LogP contribution in [-0.2, 0) is 0 Å². The molecule has 0 saturated carbocycles. The second-order valence-electron chi connectivity index (χ2n) is 7.33. The van der Waals surface area contributed by atoms with E-state index < -0.39 is 0 Å². The van der Waals surface area contributed by atoms with Gasteiger partial charge in [-0.15, -0.1) is 0 Å². The Morgan fingerprint density at radius 1 is 1.04 bits per heavy atom. The summed E-state index contributed by atoms with van der Waals surface area (Å²) in [4.78, 5) is 34.7. The van der Waals surface area contributed by atoms with E-state index in [1.807, 2.05) is 29.2 Å². The highest BCUT2D eigenvalue weighted by molar-refractivity contribution is 5.93. The summed E-state index contributed by atoms with van der Waals surface area (Å²) in [6.07, 6.45) is 0. The van der Waals surface area contributed by atoms with Gasteiger partial charge in [-0.2, -0.15) is 0 Å². The molecule has 5 rings (SSSR count). The monoisotopic (exact) mass is 360 g/mol. The molecule has 3 atom stereocenters. The molecular weight excluding hydrogens is 340 g/mol.